The molecule has 0 amide bonds. The van der Waals surface area contributed by atoms with Crippen molar-refractivity contribution in [2.75, 3.05) is 0 Å². The van der Waals surface area contributed by atoms with Gasteiger partial charge in [-0.1, -0.05) is 11.6 Å². The number of benzene rings is 1. The van der Waals surface area contributed by atoms with Gasteiger partial charge >= 0.3 is 5.97 Å². The van der Waals surface area contributed by atoms with E-state index in [-0.39, 0.29) is 11.6 Å². The number of fused-ring (bicyclic) bond motifs is 3. The fraction of sp³-hybridized carbons (Fsp3) is 0.526. The van der Waals surface area contributed by atoms with Crippen LogP contribution in [0.25, 0.3) is 0 Å². The Morgan fingerprint density at radius 1 is 1.32 bits per heavy atom. The Morgan fingerprint density at radius 3 is 2.73 bits per heavy atom. The molecule has 2 aliphatic rings. The molecule has 0 radical (unpaired) electrons. The molecular formula is C19H24O3. The molecule has 2 unspecified atom stereocenters. The summed E-state index contributed by atoms with van der Waals surface area (Å²) in [6, 6.07) is 4.01. The van der Waals surface area contributed by atoms with Gasteiger partial charge in [0.1, 0.15) is 17.1 Å². The predicted octanol–water partition coefficient (Wildman–Crippen LogP) is 4.53. The summed E-state index contributed by atoms with van der Waals surface area (Å²) < 4.78 is 11.8. The molecule has 22 heavy (non-hydrogen) atoms. The zero-order valence-corrected chi connectivity index (χ0v) is 14.0. The Hall–Kier alpha value is -1.77. The molecule has 1 aliphatic heterocycles. The van der Waals surface area contributed by atoms with E-state index in [0.29, 0.717) is 17.6 Å². The van der Waals surface area contributed by atoms with E-state index in [1.54, 1.807) is 0 Å². The Labute approximate surface area is 132 Å². The van der Waals surface area contributed by atoms with Crippen molar-refractivity contribution in [1.82, 2.24) is 0 Å². The molecule has 0 saturated carbocycles. The quantitative estimate of drug-likeness (QED) is 0.434. The first-order chi connectivity index (χ1) is 10.3. The van der Waals surface area contributed by atoms with Crippen LogP contribution in [-0.4, -0.2) is 11.6 Å². The normalized spacial score (nSPS) is 25.4. The van der Waals surface area contributed by atoms with E-state index in [0.717, 1.165) is 29.7 Å². The number of hydrogen-bond donors (Lipinski definition) is 0. The maximum Gasteiger partial charge on any atom is 0.308 e. The summed E-state index contributed by atoms with van der Waals surface area (Å²) in [5.74, 6) is 2.01. The van der Waals surface area contributed by atoms with Gasteiger partial charge in [0.15, 0.2) is 0 Å². The van der Waals surface area contributed by atoms with Gasteiger partial charge < -0.3 is 9.47 Å². The van der Waals surface area contributed by atoms with Crippen molar-refractivity contribution in [2.45, 2.75) is 59.0 Å². The lowest BCUT2D eigenvalue weighted by atomic mass is 9.67. The average Bonchev–Trinajstić information content (AvgIpc) is 2.35. The molecule has 3 rings (SSSR count). The third-order valence-corrected chi connectivity index (χ3v) is 4.89. The molecule has 0 N–H and O–H groups in total. The standard InChI is InChI=1S/C19H24O3/c1-11-6-7-15-14(8-11)18-16(21-13(3)20)9-12(2)10-17(18)22-19(15,4)5/h6,9-10,14-15H,7-8H2,1-5H3. The van der Waals surface area contributed by atoms with Crippen LogP contribution in [0.5, 0.6) is 11.5 Å². The van der Waals surface area contributed by atoms with Crippen LogP contribution in [0.4, 0.5) is 0 Å². The molecule has 0 spiro atoms. The topological polar surface area (TPSA) is 35.5 Å². The summed E-state index contributed by atoms with van der Waals surface area (Å²) in [5, 5.41) is 0. The molecule has 0 saturated heterocycles. The first-order valence-corrected chi connectivity index (χ1v) is 7.95. The van der Waals surface area contributed by atoms with Gasteiger partial charge in [0.2, 0.25) is 0 Å². The summed E-state index contributed by atoms with van der Waals surface area (Å²) in [6.45, 7) is 9.96. The van der Waals surface area contributed by atoms with E-state index >= 15 is 0 Å². The monoisotopic (exact) mass is 300 g/mol. The molecule has 0 bridgehead atoms. The third kappa shape index (κ3) is 2.53. The molecule has 1 heterocycles. The molecule has 3 nitrogen and oxygen atoms in total. The van der Waals surface area contributed by atoms with Crippen molar-refractivity contribution in [3.05, 3.63) is 34.9 Å². The van der Waals surface area contributed by atoms with Gasteiger partial charge in [0, 0.05) is 24.3 Å². The van der Waals surface area contributed by atoms with Gasteiger partial charge in [0.05, 0.1) is 0 Å². The number of carbonyl (C=O) groups is 1. The van der Waals surface area contributed by atoms with Gasteiger partial charge in [0.25, 0.3) is 0 Å². The van der Waals surface area contributed by atoms with E-state index in [1.807, 2.05) is 13.0 Å². The average molecular weight is 300 g/mol. The van der Waals surface area contributed by atoms with Crippen LogP contribution in [0.1, 0.15) is 57.6 Å². The maximum atomic E-state index is 11.5. The molecule has 1 aromatic rings. The molecule has 0 fully saturated rings. The largest absolute Gasteiger partial charge is 0.487 e. The van der Waals surface area contributed by atoms with Gasteiger partial charge in [-0.3, -0.25) is 4.79 Å². The fourth-order valence-electron chi connectivity index (χ4n) is 3.92. The lowest BCUT2D eigenvalue weighted by molar-refractivity contribution is -0.132. The lowest BCUT2D eigenvalue weighted by Crippen LogP contribution is -2.45. The van der Waals surface area contributed by atoms with Crippen LogP contribution >= 0.6 is 0 Å². The van der Waals surface area contributed by atoms with E-state index in [4.69, 9.17) is 9.47 Å². The van der Waals surface area contributed by atoms with Crippen molar-refractivity contribution < 1.29 is 14.3 Å². The first kappa shape index (κ1) is 15.1. The summed E-state index contributed by atoms with van der Waals surface area (Å²) in [7, 11) is 0. The predicted molar refractivity (Wildman–Crippen MR) is 86.4 cm³/mol. The van der Waals surface area contributed by atoms with E-state index in [1.165, 1.54) is 12.5 Å². The van der Waals surface area contributed by atoms with Gasteiger partial charge in [-0.25, -0.2) is 0 Å². The second-order valence-corrected chi connectivity index (χ2v) is 7.18. The molecular weight excluding hydrogens is 276 g/mol. The second kappa shape index (κ2) is 5.15. The minimum atomic E-state index is -0.280. The molecule has 3 heteroatoms. The van der Waals surface area contributed by atoms with Crippen LogP contribution in [0.15, 0.2) is 23.8 Å². The molecule has 118 valence electrons. The Kier molecular flexibility index (Phi) is 3.54. The minimum Gasteiger partial charge on any atom is -0.487 e. The Bertz CT molecular complexity index is 655. The van der Waals surface area contributed by atoms with Gasteiger partial charge in [-0.15, -0.1) is 0 Å². The van der Waals surface area contributed by atoms with E-state index < -0.39 is 0 Å². The van der Waals surface area contributed by atoms with Crippen LogP contribution in [0.2, 0.25) is 0 Å². The number of hydrogen-bond acceptors (Lipinski definition) is 3. The van der Waals surface area contributed by atoms with E-state index in [9.17, 15) is 4.79 Å². The molecule has 2 atom stereocenters. The Balaban J connectivity index is 2.16. The van der Waals surface area contributed by atoms with Crippen LogP contribution in [-0.2, 0) is 4.79 Å². The fourth-order valence-corrected chi connectivity index (χ4v) is 3.92. The van der Waals surface area contributed by atoms with Crippen LogP contribution in [0, 0.1) is 12.8 Å². The number of rotatable bonds is 1. The molecule has 1 aromatic carbocycles. The summed E-state index contributed by atoms with van der Waals surface area (Å²) >= 11 is 0. The summed E-state index contributed by atoms with van der Waals surface area (Å²) in [4.78, 5) is 11.5. The summed E-state index contributed by atoms with van der Waals surface area (Å²) in [6.07, 6.45) is 4.33. The first-order valence-electron chi connectivity index (χ1n) is 7.95. The lowest BCUT2D eigenvalue weighted by Gasteiger charge is -2.47. The Morgan fingerprint density at radius 2 is 2.05 bits per heavy atom. The zero-order chi connectivity index (χ0) is 16.1. The number of carbonyl (C=O) groups excluding carboxylic acids is 1. The van der Waals surface area contributed by atoms with Crippen LogP contribution < -0.4 is 9.47 Å². The van der Waals surface area contributed by atoms with Crippen molar-refractivity contribution in [2.24, 2.45) is 5.92 Å². The SMILES string of the molecule is CC(=O)Oc1cc(C)cc2c1C1CC(C)=CCC1C(C)(C)O2. The van der Waals surface area contributed by atoms with E-state index in [2.05, 4.69) is 32.9 Å². The third-order valence-electron chi connectivity index (χ3n) is 4.89. The highest BCUT2D eigenvalue weighted by Crippen LogP contribution is 2.54. The van der Waals surface area contributed by atoms with Crippen molar-refractivity contribution >= 4 is 5.97 Å². The highest BCUT2D eigenvalue weighted by molar-refractivity contribution is 5.71. The minimum absolute atomic E-state index is 0.212. The zero-order valence-electron chi connectivity index (χ0n) is 14.0. The van der Waals surface area contributed by atoms with Crippen molar-refractivity contribution in [3.8, 4) is 11.5 Å². The van der Waals surface area contributed by atoms with Crippen molar-refractivity contribution in [1.29, 1.82) is 0 Å². The number of aryl methyl sites for hydroxylation is 1. The molecule has 0 aromatic heterocycles. The second-order valence-electron chi connectivity index (χ2n) is 7.18. The number of ether oxygens (including phenoxy) is 2. The van der Waals surface area contributed by atoms with Gasteiger partial charge in [-0.05, 0) is 58.2 Å². The van der Waals surface area contributed by atoms with Gasteiger partial charge in [-0.2, -0.15) is 0 Å². The molecule has 1 aliphatic carbocycles. The maximum absolute atomic E-state index is 11.5. The number of esters is 1. The van der Waals surface area contributed by atoms with Crippen LogP contribution in [0.3, 0.4) is 0 Å². The number of allylic oxidation sites excluding steroid dienone is 2. The highest BCUT2D eigenvalue weighted by atomic mass is 16.5. The van der Waals surface area contributed by atoms with Crippen molar-refractivity contribution in [3.63, 3.8) is 0 Å². The smallest absolute Gasteiger partial charge is 0.308 e. The highest BCUT2D eigenvalue weighted by Gasteiger charge is 2.45. The summed E-state index contributed by atoms with van der Waals surface area (Å²) in [5.41, 5.74) is 3.31.